The van der Waals surface area contributed by atoms with Crippen molar-refractivity contribution in [3.05, 3.63) is 0 Å². The minimum absolute atomic E-state index is 0.413. The molecule has 0 heterocycles. The highest BCUT2D eigenvalue weighted by Crippen LogP contribution is 2.24. The van der Waals surface area contributed by atoms with Gasteiger partial charge < -0.3 is 15.3 Å². The molecule has 3 N–H and O–H groups in total. The largest absolute Gasteiger partial charge is 0.481 e. The summed E-state index contributed by atoms with van der Waals surface area (Å²) in [7, 11) is 0. The first-order valence-corrected chi connectivity index (χ1v) is 4.02. The lowest BCUT2D eigenvalue weighted by Gasteiger charge is -2.27. The van der Waals surface area contributed by atoms with Gasteiger partial charge in [-0.15, -0.1) is 0 Å². The van der Waals surface area contributed by atoms with Gasteiger partial charge in [0, 0.05) is 0 Å². The number of aliphatic hydroxyl groups is 1. The van der Waals surface area contributed by atoms with Gasteiger partial charge in [0.25, 0.3) is 0 Å². The summed E-state index contributed by atoms with van der Waals surface area (Å²) in [5.74, 6) is -3.38. The predicted molar refractivity (Wildman–Crippen MR) is 44.3 cm³/mol. The fraction of sp³-hybridized carbons (Fsp3) is 0.750. The lowest BCUT2D eigenvalue weighted by Crippen LogP contribution is -2.46. The fourth-order valence-electron chi connectivity index (χ4n) is 1.03. The Morgan fingerprint density at radius 2 is 1.85 bits per heavy atom. The molecule has 0 rings (SSSR count). The van der Waals surface area contributed by atoms with E-state index in [9.17, 15) is 14.7 Å². The first-order chi connectivity index (χ1) is 5.84. The van der Waals surface area contributed by atoms with Gasteiger partial charge in [-0.05, 0) is 5.92 Å². The van der Waals surface area contributed by atoms with Gasteiger partial charge in [-0.3, -0.25) is 4.79 Å². The van der Waals surface area contributed by atoms with Crippen molar-refractivity contribution in [2.45, 2.75) is 32.3 Å². The van der Waals surface area contributed by atoms with Gasteiger partial charge in [0.15, 0.2) is 5.60 Å². The molecule has 0 bridgehead atoms. The Morgan fingerprint density at radius 1 is 1.38 bits per heavy atom. The van der Waals surface area contributed by atoms with E-state index in [2.05, 4.69) is 0 Å². The number of carboxylic acid groups (broad SMARTS) is 2. The Balaban J connectivity index is 4.72. The summed E-state index contributed by atoms with van der Waals surface area (Å²) in [5.41, 5.74) is -2.15. The van der Waals surface area contributed by atoms with E-state index in [1.54, 1.807) is 6.92 Å². The fourth-order valence-corrected chi connectivity index (χ4v) is 1.03. The second kappa shape index (κ2) is 4.23. The maximum Gasteiger partial charge on any atom is 0.336 e. The minimum Gasteiger partial charge on any atom is -0.481 e. The van der Waals surface area contributed by atoms with E-state index in [-0.39, 0.29) is 0 Å². The Morgan fingerprint density at radius 3 is 2.08 bits per heavy atom. The Hall–Kier alpha value is -1.10. The number of hydrogen-bond acceptors (Lipinski definition) is 3. The van der Waals surface area contributed by atoms with Crippen LogP contribution in [0.4, 0.5) is 0 Å². The molecule has 0 radical (unpaired) electrons. The monoisotopic (exact) mass is 190 g/mol. The molecular formula is C8H14O5. The van der Waals surface area contributed by atoms with Crippen molar-refractivity contribution in [1.82, 2.24) is 0 Å². The van der Waals surface area contributed by atoms with Crippen LogP contribution in [0.5, 0.6) is 0 Å². The molecule has 0 amide bonds. The summed E-state index contributed by atoms with van der Waals surface area (Å²) in [4.78, 5) is 21.0. The highest BCUT2D eigenvalue weighted by Gasteiger charge is 2.42. The van der Waals surface area contributed by atoms with E-state index >= 15 is 0 Å². The maximum absolute atomic E-state index is 10.6. The van der Waals surface area contributed by atoms with Gasteiger partial charge in [-0.2, -0.15) is 0 Å². The molecule has 5 heteroatoms. The zero-order chi connectivity index (χ0) is 10.6. The van der Waals surface area contributed by atoms with Crippen molar-refractivity contribution < 1.29 is 24.9 Å². The van der Waals surface area contributed by atoms with E-state index in [4.69, 9.17) is 10.2 Å². The standard InChI is InChI=1S/C8H14O5/c1-3-5(2)8(13,7(11)12)4-6(9)10/h5,13H,3-4H2,1-2H3,(H,9,10)(H,11,12). The van der Waals surface area contributed by atoms with E-state index in [1.807, 2.05) is 0 Å². The average Bonchev–Trinajstić information content (AvgIpc) is 2.01. The maximum atomic E-state index is 10.6. The highest BCUT2D eigenvalue weighted by molar-refractivity contribution is 5.83. The van der Waals surface area contributed by atoms with Crippen molar-refractivity contribution in [3.8, 4) is 0 Å². The first kappa shape index (κ1) is 11.9. The molecule has 0 fully saturated rings. The van der Waals surface area contributed by atoms with Crippen LogP contribution < -0.4 is 0 Å². The van der Waals surface area contributed by atoms with E-state index in [0.717, 1.165) is 0 Å². The topological polar surface area (TPSA) is 94.8 Å². The van der Waals surface area contributed by atoms with Crippen LogP contribution in [0, 0.1) is 5.92 Å². The summed E-state index contributed by atoms with van der Waals surface area (Å²) >= 11 is 0. The molecule has 0 saturated carbocycles. The summed E-state index contributed by atoms with van der Waals surface area (Å²) in [6, 6.07) is 0. The summed E-state index contributed by atoms with van der Waals surface area (Å²) in [6.07, 6.45) is -0.354. The van der Waals surface area contributed by atoms with Crippen LogP contribution in [-0.4, -0.2) is 32.9 Å². The second-order valence-electron chi connectivity index (χ2n) is 3.11. The Labute approximate surface area is 76.0 Å². The van der Waals surface area contributed by atoms with Crippen LogP contribution in [-0.2, 0) is 9.59 Å². The smallest absolute Gasteiger partial charge is 0.336 e. The molecule has 5 nitrogen and oxygen atoms in total. The zero-order valence-electron chi connectivity index (χ0n) is 7.65. The number of rotatable bonds is 5. The number of aliphatic carboxylic acids is 2. The lowest BCUT2D eigenvalue weighted by molar-refractivity contribution is -0.171. The van der Waals surface area contributed by atoms with Crippen molar-refractivity contribution in [3.63, 3.8) is 0 Å². The molecule has 0 saturated heterocycles. The highest BCUT2D eigenvalue weighted by atomic mass is 16.4. The van der Waals surface area contributed by atoms with Gasteiger partial charge in [0.1, 0.15) is 0 Å². The van der Waals surface area contributed by atoms with Gasteiger partial charge in [-0.25, -0.2) is 4.79 Å². The normalized spacial score (nSPS) is 17.5. The molecule has 13 heavy (non-hydrogen) atoms. The van der Waals surface area contributed by atoms with E-state index in [1.165, 1.54) is 6.92 Å². The summed E-state index contributed by atoms with van der Waals surface area (Å²) in [6.45, 7) is 3.21. The first-order valence-electron chi connectivity index (χ1n) is 4.02. The minimum atomic E-state index is -2.15. The van der Waals surface area contributed by atoms with Crippen LogP contribution in [0.25, 0.3) is 0 Å². The Bertz CT molecular complexity index is 213. The third kappa shape index (κ3) is 2.69. The summed E-state index contributed by atoms with van der Waals surface area (Å²) < 4.78 is 0. The molecule has 2 unspecified atom stereocenters. The van der Waals surface area contributed by atoms with Crippen LogP contribution in [0.15, 0.2) is 0 Å². The number of hydrogen-bond donors (Lipinski definition) is 3. The zero-order valence-corrected chi connectivity index (χ0v) is 7.65. The van der Waals surface area contributed by atoms with Gasteiger partial charge in [0.2, 0.25) is 0 Å². The van der Waals surface area contributed by atoms with Gasteiger partial charge in [-0.1, -0.05) is 20.3 Å². The third-order valence-electron chi connectivity index (χ3n) is 2.22. The second-order valence-corrected chi connectivity index (χ2v) is 3.11. The Kier molecular flexibility index (Phi) is 3.87. The molecule has 0 aromatic heterocycles. The quantitative estimate of drug-likeness (QED) is 0.580. The SMILES string of the molecule is CCC(C)C(O)(CC(=O)O)C(=O)O. The third-order valence-corrected chi connectivity index (χ3v) is 2.22. The average molecular weight is 190 g/mol. The van der Waals surface area contributed by atoms with Crippen LogP contribution >= 0.6 is 0 Å². The molecule has 2 atom stereocenters. The van der Waals surface area contributed by atoms with E-state index in [0.29, 0.717) is 6.42 Å². The lowest BCUT2D eigenvalue weighted by atomic mass is 9.84. The van der Waals surface area contributed by atoms with Crippen molar-refractivity contribution in [2.24, 2.45) is 5.92 Å². The van der Waals surface area contributed by atoms with Gasteiger partial charge >= 0.3 is 11.9 Å². The predicted octanol–water partition coefficient (Wildman–Crippen LogP) is 0.323. The molecule has 0 spiro atoms. The molecular weight excluding hydrogens is 176 g/mol. The molecule has 0 aromatic rings. The molecule has 76 valence electrons. The van der Waals surface area contributed by atoms with Crippen molar-refractivity contribution >= 4 is 11.9 Å². The van der Waals surface area contributed by atoms with Gasteiger partial charge in [0.05, 0.1) is 6.42 Å². The van der Waals surface area contributed by atoms with Crippen LogP contribution in [0.3, 0.4) is 0 Å². The molecule has 0 aliphatic heterocycles. The number of carboxylic acids is 2. The van der Waals surface area contributed by atoms with Crippen LogP contribution in [0.2, 0.25) is 0 Å². The summed E-state index contributed by atoms with van der Waals surface area (Å²) in [5, 5.41) is 26.6. The molecule has 0 aliphatic carbocycles. The van der Waals surface area contributed by atoms with E-state index < -0.39 is 29.9 Å². The van der Waals surface area contributed by atoms with Crippen molar-refractivity contribution in [2.75, 3.05) is 0 Å². The molecule has 0 aromatic carbocycles. The van der Waals surface area contributed by atoms with Crippen molar-refractivity contribution in [1.29, 1.82) is 0 Å². The molecule has 0 aliphatic rings. The number of carbonyl (C=O) groups is 2. The van der Waals surface area contributed by atoms with Crippen LogP contribution in [0.1, 0.15) is 26.7 Å².